The predicted octanol–water partition coefficient (Wildman–Crippen LogP) is 3.35. The smallest absolute Gasteiger partial charge is 0.308 e. The number of esters is 1. The van der Waals surface area contributed by atoms with Gasteiger partial charge in [-0.3, -0.25) is 14.4 Å². The van der Waals surface area contributed by atoms with Gasteiger partial charge >= 0.3 is 5.97 Å². The highest BCUT2D eigenvalue weighted by atomic mass is 16.5. The number of benzene rings is 2. The van der Waals surface area contributed by atoms with E-state index in [1.165, 1.54) is 0 Å². The highest BCUT2D eigenvalue weighted by molar-refractivity contribution is 5.97. The quantitative estimate of drug-likeness (QED) is 0.585. The minimum absolute atomic E-state index is 0.0237. The Balaban J connectivity index is 1.89. The van der Waals surface area contributed by atoms with Crippen LogP contribution in [0.2, 0.25) is 0 Å². The van der Waals surface area contributed by atoms with E-state index in [0.29, 0.717) is 16.8 Å². The van der Waals surface area contributed by atoms with Crippen LogP contribution < -0.4 is 15.6 Å². The second-order valence-electron chi connectivity index (χ2n) is 7.14. The Morgan fingerprint density at radius 3 is 2.43 bits per heavy atom. The molecule has 2 aromatic carbocycles. The largest absolute Gasteiger partial charge is 0.497 e. The Labute approximate surface area is 174 Å². The summed E-state index contributed by atoms with van der Waals surface area (Å²) in [6.07, 6.45) is -0.338. The zero-order chi connectivity index (χ0) is 21.7. The molecule has 0 spiro atoms. The summed E-state index contributed by atoms with van der Waals surface area (Å²) in [6, 6.07) is 15.1. The van der Waals surface area contributed by atoms with Crippen molar-refractivity contribution in [1.82, 2.24) is 10.3 Å². The fourth-order valence-electron chi connectivity index (χ4n) is 3.12. The van der Waals surface area contributed by atoms with Crippen LogP contribution in [0, 0.1) is 0 Å². The van der Waals surface area contributed by atoms with Crippen LogP contribution >= 0.6 is 0 Å². The lowest BCUT2D eigenvalue weighted by Crippen LogP contribution is -2.34. The van der Waals surface area contributed by atoms with Gasteiger partial charge in [-0.25, -0.2) is 0 Å². The van der Waals surface area contributed by atoms with Gasteiger partial charge in [-0.15, -0.1) is 0 Å². The number of amides is 1. The summed E-state index contributed by atoms with van der Waals surface area (Å²) in [5.41, 5.74) is 0.821. The summed E-state index contributed by atoms with van der Waals surface area (Å²) in [6.45, 7) is 3.51. The number of hydrogen-bond donors (Lipinski definition) is 2. The van der Waals surface area contributed by atoms with Crippen molar-refractivity contribution in [2.75, 3.05) is 7.11 Å². The van der Waals surface area contributed by atoms with Crippen LogP contribution in [0.1, 0.15) is 42.2 Å². The molecule has 1 aromatic heterocycles. The van der Waals surface area contributed by atoms with Gasteiger partial charge in [-0.1, -0.05) is 30.3 Å². The number of hydrogen-bond acceptors (Lipinski definition) is 5. The molecule has 1 amide bonds. The third kappa shape index (κ3) is 5.05. The van der Waals surface area contributed by atoms with E-state index in [2.05, 4.69) is 10.3 Å². The summed E-state index contributed by atoms with van der Waals surface area (Å²) in [7, 11) is 1.56. The molecular weight excluding hydrogens is 384 g/mol. The van der Waals surface area contributed by atoms with E-state index in [4.69, 9.17) is 9.47 Å². The molecule has 0 saturated heterocycles. The molecule has 0 radical (unpaired) electrons. The van der Waals surface area contributed by atoms with Gasteiger partial charge < -0.3 is 19.8 Å². The number of rotatable bonds is 7. The first-order valence-electron chi connectivity index (χ1n) is 9.63. The van der Waals surface area contributed by atoms with E-state index in [1.807, 2.05) is 12.1 Å². The number of aromatic nitrogens is 1. The maximum absolute atomic E-state index is 12.9. The average Bonchev–Trinajstić information content (AvgIpc) is 2.72. The molecule has 0 aliphatic rings. The molecule has 0 aliphatic carbocycles. The minimum Gasteiger partial charge on any atom is -0.497 e. The number of ether oxygens (including phenoxy) is 2. The topological polar surface area (TPSA) is 97.5 Å². The summed E-state index contributed by atoms with van der Waals surface area (Å²) in [5, 5.41) is 3.53. The second-order valence-corrected chi connectivity index (χ2v) is 7.14. The Morgan fingerprint density at radius 1 is 1.07 bits per heavy atom. The van der Waals surface area contributed by atoms with Crippen molar-refractivity contribution < 1.29 is 19.1 Å². The fourth-order valence-corrected chi connectivity index (χ4v) is 3.12. The SMILES string of the molecule is COc1ccc(C(CC(=O)OC(C)C)NC(=O)c2cc3ccccc3[nH]c2=O)cc1. The van der Waals surface area contributed by atoms with Crippen LogP contribution in [0.5, 0.6) is 5.75 Å². The maximum atomic E-state index is 12.9. The second kappa shape index (κ2) is 9.26. The molecular formula is C23H24N2O5. The van der Waals surface area contributed by atoms with Crippen LogP contribution in [0.3, 0.4) is 0 Å². The van der Waals surface area contributed by atoms with Crippen LogP contribution in [0.4, 0.5) is 0 Å². The van der Waals surface area contributed by atoms with Gasteiger partial charge in [0.1, 0.15) is 11.3 Å². The van der Waals surface area contributed by atoms with E-state index < -0.39 is 23.5 Å². The monoisotopic (exact) mass is 408 g/mol. The van der Waals surface area contributed by atoms with Crippen molar-refractivity contribution in [3.8, 4) is 5.75 Å². The Kier molecular flexibility index (Phi) is 6.51. The van der Waals surface area contributed by atoms with Gasteiger partial charge in [0.15, 0.2) is 0 Å². The first kappa shape index (κ1) is 21.1. The lowest BCUT2D eigenvalue weighted by atomic mass is 10.0. The number of pyridine rings is 1. The Morgan fingerprint density at radius 2 is 1.77 bits per heavy atom. The molecule has 3 aromatic rings. The van der Waals surface area contributed by atoms with Gasteiger partial charge in [0.25, 0.3) is 11.5 Å². The molecule has 0 bridgehead atoms. The lowest BCUT2D eigenvalue weighted by molar-refractivity contribution is -0.147. The molecule has 2 N–H and O–H groups in total. The van der Waals surface area contributed by atoms with Crippen LogP contribution in [-0.2, 0) is 9.53 Å². The summed E-state index contributed by atoms with van der Waals surface area (Å²) < 4.78 is 10.4. The number of H-pyrrole nitrogens is 1. The van der Waals surface area contributed by atoms with Gasteiger partial charge in [-0.2, -0.15) is 0 Å². The van der Waals surface area contributed by atoms with E-state index in [1.54, 1.807) is 63.4 Å². The number of methoxy groups -OCH3 is 1. The molecule has 0 saturated carbocycles. The molecule has 0 fully saturated rings. The number of carbonyl (C=O) groups is 2. The fraction of sp³-hybridized carbons (Fsp3) is 0.261. The van der Waals surface area contributed by atoms with Crippen molar-refractivity contribution in [1.29, 1.82) is 0 Å². The van der Waals surface area contributed by atoms with Crippen LogP contribution in [-0.4, -0.2) is 30.1 Å². The van der Waals surface area contributed by atoms with E-state index in [-0.39, 0.29) is 18.1 Å². The van der Waals surface area contributed by atoms with Gasteiger partial charge in [0.2, 0.25) is 0 Å². The molecule has 1 heterocycles. The predicted molar refractivity (Wildman–Crippen MR) is 114 cm³/mol. The molecule has 7 nitrogen and oxygen atoms in total. The third-order valence-corrected chi connectivity index (χ3v) is 4.56. The van der Waals surface area contributed by atoms with E-state index in [9.17, 15) is 14.4 Å². The molecule has 30 heavy (non-hydrogen) atoms. The summed E-state index contributed by atoms with van der Waals surface area (Å²) in [4.78, 5) is 40.3. The highest BCUT2D eigenvalue weighted by Gasteiger charge is 2.22. The molecule has 1 atom stereocenters. The van der Waals surface area contributed by atoms with Crippen molar-refractivity contribution in [3.05, 3.63) is 76.1 Å². The van der Waals surface area contributed by atoms with Gasteiger partial charge in [-0.05, 0) is 49.1 Å². The summed E-state index contributed by atoms with van der Waals surface area (Å²) >= 11 is 0. The summed E-state index contributed by atoms with van der Waals surface area (Å²) in [5.74, 6) is -0.363. The first-order valence-corrected chi connectivity index (χ1v) is 9.63. The zero-order valence-corrected chi connectivity index (χ0v) is 17.1. The van der Waals surface area contributed by atoms with E-state index >= 15 is 0 Å². The number of nitrogens with one attached hydrogen (secondary N) is 2. The molecule has 1 unspecified atom stereocenters. The normalized spacial score (nSPS) is 11.9. The standard InChI is InChI=1S/C23H24N2O5/c1-14(2)30-21(26)13-20(15-8-10-17(29-3)11-9-15)25-23(28)18-12-16-6-4-5-7-19(16)24-22(18)27/h4-12,14,20H,13H2,1-3H3,(H,24,27)(H,25,28). The molecule has 156 valence electrons. The average molecular weight is 408 g/mol. The van der Waals surface area contributed by atoms with Gasteiger partial charge in [0.05, 0.1) is 25.7 Å². The number of para-hydroxylation sites is 1. The lowest BCUT2D eigenvalue weighted by Gasteiger charge is -2.20. The maximum Gasteiger partial charge on any atom is 0.308 e. The highest BCUT2D eigenvalue weighted by Crippen LogP contribution is 2.22. The molecule has 3 rings (SSSR count). The first-order chi connectivity index (χ1) is 14.4. The Bertz CT molecular complexity index is 1100. The Hall–Kier alpha value is -3.61. The van der Waals surface area contributed by atoms with Crippen LogP contribution in [0.25, 0.3) is 10.9 Å². The zero-order valence-electron chi connectivity index (χ0n) is 17.1. The van der Waals surface area contributed by atoms with Crippen molar-refractivity contribution >= 4 is 22.8 Å². The van der Waals surface area contributed by atoms with Crippen molar-refractivity contribution in [2.45, 2.75) is 32.4 Å². The van der Waals surface area contributed by atoms with Crippen molar-refractivity contribution in [2.24, 2.45) is 0 Å². The van der Waals surface area contributed by atoms with Crippen LogP contribution in [0.15, 0.2) is 59.4 Å². The number of aromatic amines is 1. The minimum atomic E-state index is -0.666. The molecule has 7 heteroatoms. The third-order valence-electron chi connectivity index (χ3n) is 4.56. The van der Waals surface area contributed by atoms with E-state index in [0.717, 1.165) is 5.39 Å². The molecule has 0 aliphatic heterocycles. The number of carbonyl (C=O) groups excluding carboxylic acids is 2. The van der Waals surface area contributed by atoms with Crippen molar-refractivity contribution in [3.63, 3.8) is 0 Å². The number of fused-ring (bicyclic) bond motifs is 1. The van der Waals surface area contributed by atoms with Gasteiger partial charge in [0, 0.05) is 5.52 Å².